The van der Waals surface area contributed by atoms with Crippen LogP contribution in [-0.2, 0) is 18.8 Å². The fourth-order valence-corrected chi connectivity index (χ4v) is 4.77. The lowest BCUT2D eigenvalue weighted by Gasteiger charge is -2.26. The molecule has 1 unspecified atom stereocenters. The number of nitrogens with zero attached hydrogens (tertiary/aromatic N) is 2. The van der Waals surface area contributed by atoms with E-state index in [1.165, 1.54) is 22.3 Å². The largest absolute Gasteiger partial charge is 0.489 e. The maximum Gasteiger partial charge on any atom is 0.122 e. The van der Waals surface area contributed by atoms with Crippen LogP contribution in [0.3, 0.4) is 0 Å². The van der Waals surface area contributed by atoms with Crippen LogP contribution in [-0.4, -0.2) is 22.6 Å². The Hall–Kier alpha value is -3.99. The first-order chi connectivity index (χ1) is 19.3. The van der Waals surface area contributed by atoms with Crippen LogP contribution in [0.5, 0.6) is 5.75 Å². The Balaban J connectivity index is 0.000000186. The minimum absolute atomic E-state index is 0.236. The predicted octanol–water partition coefficient (Wildman–Crippen LogP) is 7.72. The summed E-state index contributed by atoms with van der Waals surface area (Å²) in [5.41, 5.74) is 8.20. The van der Waals surface area contributed by atoms with E-state index in [0.717, 1.165) is 48.4 Å². The van der Waals surface area contributed by atoms with E-state index in [1.807, 2.05) is 48.9 Å². The Bertz CT molecular complexity index is 1460. The van der Waals surface area contributed by atoms with Gasteiger partial charge in [-0.05, 0) is 58.9 Å². The number of benzene rings is 3. The van der Waals surface area contributed by atoms with Crippen LogP contribution >= 0.6 is 11.6 Å². The fourth-order valence-electron chi connectivity index (χ4n) is 4.62. The molecule has 196 valence electrons. The van der Waals surface area contributed by atoms with Gasteiger partial charge in [0, 0.05) is 54.9 Å². The summed E-state index contributed by atoms with van der Waals surface area (Å²) in [5, 5.41) is 3.52. The number of halogens is 1. The third kappa shape index (κ3) is 7.53. The lowest BCUT2D eigenvalue weighted by Crippen LogP contribution is -2.33. The second-order valence-corrected chi connectivity index (χ2v) is 9.81. The first-order valence-corrected chi connectivity index (χ1v) is 13.8. The van der Waals surface area contributed by atoms with Gasteiger partial charge in [-0.3, -0.25) is 9.97 Å². The van der Waals surface area contributed by atoms with E-state index >= 15 is 0 Å². The molecule has 5 heteroatoms. The van der Waals surface area contributed by atoms with Gasteiger partial charge in [-0.15, -0.1) is 11.6 Å². The zero-order valence-corrected chi connectivity index (χ0v) is 22.6. The van der Waals surface area contributed by atoms with E-state index in [1.54, 1.807) is 6.20 Å². The molecule has 5 aromatic rings. The van der Waals surface area contributed by atoms with Crippen LogP contribution in [0.1, 0.15) is 23.1 Å². The smallest absolute Gasteiger partial charge is 0.122 e. The normalized spacial score (nSPS) is 13.9. The monoisotopic (exact) mass is 533 g/mol. The van der Waals surface area contributed by atoms with Crippen molar-refractivity contribution in [1.29, 1.82) is 0 Å². The maximum absolute atomic E-state index is 6.08. The van der Waals surface area contributed by atoms with E-state index in [4.69, 9.17) is 16.3 Å². The first kappa shape index (κ1) is 26.6. The van der Waals surface area contributed by atoms with Gasteiger partial charge in [0.05, 0.1) is 0 Å². The Morgan fingerprint density at radius 2 is 1.28 bits per heavy atom. The minimum atomic E-state index is 0.236. The van der Waals surface area contributed by atoms with Gasteiger partial charge in [-0.25, -0.2) is 0 Å². The molecule has 4 nitrogen and oxygen atoms in total. The number of ether oxygens (including phenoxy) is 1. The number of aryl methyl sites for hydroxylation is 1. The van der Waals surface area contributed by atoms with E-state index in [9.17, 15) is 0 Å². The molecule has 1 aliphatic rings. The molecule has 0 aliphatic carbocycles. The number of para-hydroxylation sites is 1. The van der Waals surface area contributed by atoms with Crippen molar-refractivity contribution < 1.29 is 4.74 Å². The molecule has 3 heterocycles. The van der Waals surface area contributed by atoms with Gasteiger partial charge in [0.1, 0.15) is 11.9 Å². The Morgan fingerprint density at radius 1 is 0.692 bits per heavy atom. The SMILES string of the molecule is ClCc1cncc(-c2ccccc2)c1.c1ccc(-c2cncc(CNCC3CCc4ccccc4O3)c2)cc1. The molecule has 0 saturated heterocycles. The van der Waals surface area contributed by atoms with E-state index in [0.29, 0.717) is 5.88 Å². The highest BCUT2D eigenvalue weighted by Crippen LogP contribution is 2.27. The number of pyridine rings is 2. The molecule has 2 aromatic heterocycles. The van der Waals surface area contributed by atoms with Crippen LogP contribution in [0.2, 0.25) is 0 Å². The van der Waals surface area contributed by atoms with Crippen molar-refractivity contribution in [3.8, 4) is 28.0 Å². The summed E-state index contributed by atoms with van der Waals surface area (Å²) in [6, 6.07) is 33.1. The Kier molecular flexibility index (Phi) is 9.35. The van der Waals surface area contributed by atoms with Gasteiger partial charge >= 0.3 is 0 Å². The van der Waals surface area contributed by atoms with Gasteiger partial charge in [0.25, 0.3) is 0 Å². The highest BCUT2D eigenvalue weighted by molar-refractivity contribution is 6.17. The number of fused-ring (bicyclic) bond motifs is 1. The molecule has 6 rings (SSSR count). The van der Waals surface area contributed by atoms with Gasteiger partial charge < -0.3 is 10.1 Å². The summed E-state index contributed by atoms with van der Waals surface area (Å²) in [5.74, 6) is 1.54. The molecule has 0 bridgehead atoms. The number of alkyl halides is 1. The molecule has 1 N–H and O–H groups in total. The minimum Gasteiger partial charge on any atom is -0.489 e. The molecule has 0 radical (unpaired) electrons. The highest BCUT2D eigenvalue weighted by atomic mass is 35.5. The molecule has 0 amide bonds. The zero-order chi connectivity index (χ0) is 26.7. The summed E-state index contributed by atoms with van der Waals surface area (Å²) in [4.78, 5) is 8.53. The predicted molar refractivity (Wildman–Crippen MR) is 160 cm³/mol. The van der Waals surface area contributed by atoms with Gasteiger partial charge in [-0.2, -0.15) is 0 Å². The molecule has 0 saturated carbocycles. The molecule has 3 aromatic carbocycles. The van der Waals surface area contributed by atoms with Crippen molar-refractivity contribution in [2.45, 2.75) is 31.4 Å². The second-order valence-electron chi connectivity index (χ2n) is 9.55. The van der Waals surface area contributed by atoms with Crippen molar-refractivity contribution in [3.05, 3.63) is 139 Å². The number of nitrogens with one attached hydrogen (secondary N) is 1. The van der Waals surface area contributed by atoms with Crippen molar-refractivity contribution >= 4 is 11.6 Å². The summed E-state index contributed by atoms with van der Waals surface area (Å²) < 4.78 is 6.08. The first-order valence-electron chi connectivity index (χ1n) is 13.3. The third-order valence-electron chi connectivity index (χ3n) is 6.66. The molecule has 0 spiro atoms. The lowest BCUT2D eigenvalue weighted by molar-refractivity contribution is 0.170. The number of aromatic nitrogens is 2. The topological polar surface area (TPSA) is 47.0 Å². The van der Waals surface area contributed by atoms with Gasteiger partial charge in [0.2, 0.25) is 0 Å². The molecule has 39 heavy (non-hydrogen) atoms. The standard InChI is InChI=1S/C22H22N2O.C12H10ClN/c1-2-6-18(7-3-1)20-12-17(13-23-15-20)14-24-16-21-11-10-19-8-4-5-9-22(19)25-21;13-7-10-6-12(9-14-8-10)11-4-2-1-3-5-11/h1-9,12-13,15,21,24H,10-11,14,16H2;1-6,8-9H,7H2. The summed E-state index contributed by atoms with van der Waals surface area (Å²) in [7, 11) is 0. The van der Waals surface area contributed by atoms with E-state index in [-0.39, 0.29) is 6.10 Å². The summed E-state index contributed by atoms with van der Waals surface area (Å²) in [6.07, 6.45) is 9.88. The quantitative estimate of drug-likeness (QED) is 0.217. The van der Waals surface area contributed by atoms with Crippen LogP contribution in [0.4, 0.5) is 0 Å². The van der Waals surface area contributed by atoms with Crippen molar-refractivity contribution in [3.63, 3.8) is 0 Å². The number of hydrogen-bond acceptors (Lipinski definition) is 4. The molecular formula is C34H32ClN3O. The molecule has 1 aliphatic heterocycles. The zero-order valence-electron chi connectivity index (χ0n) is 21.8. The third-order valence-corrected chi connectivity index (χ3v) is 6.97. The van der Waals surface area contributed by atoms with Crippen LogP contribution in [0.15, 0.2) is 122 Å². The number of hydrogen-bond donors (Lipinski definition) is 1. The van der Waals surface area contributed by atoms with E-state index < -0.39 is 0 Å². The fraction of sp³-hybridized carbons (Fsp3) is 0.176. The molecule has 1 atom stereocenters. The van der Waals surface area contributed by atoms with Crippen LogP contribution in [0.25, 0.3) is 22.3 Å². The Labute approximate surface area is 235 Å². The van der Waals surface area contributed by atoms with Gasteiger partial charge in [-0.1, -0.05) is 78.9 Å². The lowest BCUT2D eigenvalue weighted by atomic mass is 10.0. The maximum atomic E-state index is 6.08. The van der Waals surface area contributed by atoms with E-state index in [2.05, 4.69) is 82.0 Å². The molecular weight excluding hydrogens is 502 g/mol. The average molecular weight is 534 g/mol. The summed E-state index contributed by atoms with van der Waals surface area (Å²) in [6.45, 7) is 1.65. The Morgan fingerprint density at radius 3 is 1.95 bits per heavy atom. The van der Waals surface area contributed by atoms with Crippen molar-refractivity contribution in [2.75, 3.05) is 6.54 Å². The summed E-state index contributed by atoms with van der Waals surface area (Å²) >= 11 is 5.75. The van der Waals surface area contributed by atoms with Gasteiger partial charge in [0.15, 0.2) is 0 Å². The van der Waals surface area contributed by atoms with Crippen LogP contribution in [0, 0.1) is 0 Å². The average Bonchev–Trinajstić information content (AvgIpc) is 3.02. The highest BCUT2D eigenvalue weighted by Gasteiger charge is 2.18. The number of rotatable bonds is 7. The second kappa shape index (κ2) is 13.7. The van der Waals surface area contributed by atoms with Crippen molar-refractivity contribution in [2.24, 2.45) is 0 Å². The van der Waals surface area contributed by atoms with Crippen molar-refractivity contribution in [1.82, 2.24) is 15.3 Å². The molecule has 0 fully saturated rings. The van der Waals surface area contributed by atoms with Crippen LogP contribution < -0.4 is 10.1 Å².